The predicted molar refractivity (Wildman–Crippen MR) is 135 cm³/mol. The van der Waals surface area contributed by atoms with Crippen LogP contribution in [-0.4, -0.2) is 13.5 Å². The number of rotatable bonds is 6. The minimum Gasteiger partial charge on any atom is -0.507 e. The van der Waals surface area contributed by atoms with E-state index in [1.165, 1.54) is 24.3 Å². The maximum atomic E-state index is 13.1. The first-order chi connectivity index (χ1) is 17.4. The van der Waals surface area contributed by atoms with Gasteiger partial charge in [0.2, 0.25) is 0 Å². The Morgan fingerprint density at radius 3 is 2.44 bits per heavy atom. The molecule has 7 nitrogen and oxygen atoms in total. The molecular formula is C28H28N2O5S. The highest BCUT2D eigenvalue weighted by atomic mass is 32.2. The van der Waals surface area contributed by atoms with Crippen molar-refractivity contribution in [2.24, 2.45) is 5.92 Å². The van der Waals surface area contributed by atoms with Gasteiger partial charge in [-0.05, 0) is 80.0 Å². The van der Waals surface area contributed by atoms with Crippen molar-refractivity contribution in [1.29, 1.82) is 5.26 Å². The number of sulfonamides is 1. The fourth-order valence-electron chi connectivity index (χ4n) is 5.12. The van der Waals surface area contributed by atoms with E-state index in [-0.39, 0.29) is 28.0 Å². The molecule has 2 N–H and O–H groups in total. The zero-order valence-electron chi connectivity index (χ0n) is 19.9. The van der Waals surface area contributed by atoms with E-state index < -0.39 is 15.6 Å². The zero-order valence-corrected chi connectivity index (χ0v) is 20.7. The van der Waals surface area contributed by atoms with Gasteiger partial charge >= 0.3 is 5.63 Å². The highest BCUT2D eigenvalue weighted by Gasteiger charge is 2.38. The molecule has 0 radical (unpaired) electrons. The Morgan fingerprint density at radius 2 is 1.75 bits per heavy atom. The monoisotopic (exact) mass is 504 g/mol. The molecule has 5 rings (SSSR count). The van der Waals surface area contributed by atoms with Crippen molar-refractivity contribution in [3.63, 3.8) is 0 Å². The molecule has 8 heteroatoms. The van der Waals surface area contributed by atoms with Crippen LogP contribution in [-0.2, 0) is 22.9 Å². The van der Waals surface area contributed by atoms with E-state index in [4.69, 9.17) is 9.68 Å². The minimum absolute atomic E-state index is 0.0450. The van der Waals surface area contributed by atoms with Crippen LogP contribution in [0.1, 0.15) is 72.5 Å². The normalized spacial score (nSPS) is 16.8. The van der Waals surface area contributed by atoms with Crippen molar-refractivity contribution >= 4 is 15.7 Å². The van der Waals surface area contributed by atoms with E-state index in [1.807, 2.05) is 12.1 Å². The second-order valence-corrected chi connectivity index (χ2v) is 11.3. The molecule has 0 bridgehead atoms. The van der Waals surface area contributed by atoms with E-state index >= 15 is 0 Å². The van der Waals surface area contributed by atoms with Gasteiger partial charge in [0, 0.05) is 23.6 Å². The van der Waals surface area contributed by atoms with Gasteiger partial charge in [0.25, 0.3) is 10.0 Å². The summed E-state index contributed by atoms with van der Waals surface area (Å²) >= 11 is 0. The molecule has 3 aromatic rings. The number of nitriles is 1. The molecule has 0 saturated heterocycles. The number of nitrogens with zero attached hydrogens (tertiary/aromatic N) is 1. The average molecular weight is 505 g/mol. The molecule has 1 heterocycles. The summed E-state index contributed by atoms with van der Waals surface area (Å²) in [5, 5.41) is 20.3. The molecule has 0 amide bonds. The number of hydrogen-bond donors (Lipinski definition) is 2. The van der Waals surface area contributed by atoms with Crippen molar-refractivity contribution in [3.8, 4) is 11.8 Å². The summed E-state index contributed by atoms with van der Waals surface area (Å²) in [6.07, 6.45) is 7.21. The molecule has 0 spiro atoms. The molecule has 1 saturated carbocycles. The van der Waals surface area contributed by atoms with E-state index in [9.17, 15) is 18.3 Å². The topological polar surface area (TPSA) is 120 Å². The third-order valence-electron chi connectivity index (χ3n) is 7.09. The van der Waals surface area contributed by atoms with Gasteiger partial charge in [-0.2, -0.15) is 5.26 Å². The smallest absolute Gasteiger partial charge is 0.343 e. The van der Waals surface area contributed by atoms with Crippen molar-refractivity contribution in [2.45, 2.75) is 62.2 Å². The Bertz CT molecular complexity index is 1480. The second-order valence-electron chi connectivity index (χ2n) is 9.65. The summed E-state index contributed by atoms with van der Waals surface area (Å²) < 4.78 is 34.2. The maximum Gasteiger partial charge on any atom is 0.343 e. The molecule has 1 fully saturated rings. The molecule has 1 aromatic heterocycles. The Labute approximate surface area is 210 Å². The van der Waals surface area contributed by atoms with E-state index in [2.05, 4.69) is 4.72 Å². The zero-order chi connectivity index (χ0) is 25.3. The Kier molecular flexibility index (Phi) is 6.59. The largest absolute Gasteiger partial charge is 0.507 e. The molecule has 0 unspecified atom stereocenters. The van der Waals surface area contributed by atoms with Gasteiger partial charge in [0.05, 0.1) is 22.1 Å². The van der Waals surface area contributed by atoms with Crippen LogP contribution in [0.4, 0.5) is 5.69 Å². The third-order valence-corrected chi connectivity index (χ3v) is 8.49. The summed E-state index contributed by atoms with van der Waals surface area (Å²) in [7, 11) is -3.87. The first kappa shape index (κ1) is 24.1. The highest BCUT2D eigenvalue weighted by Crippen LogP contribution is 2.49. The van der Waals surface area contributed by atoms with E-state index in [0.29, 0.717) is 29.9 Å². The Morgan fingerprint density at radius 1 is 1.03 bits per heavy atom. The lowest BCUT2D eigenvalue weighted by Gasteiger charge is -2.22. The van der Waals surface area contributed by atoms with Crippen LogP contribution in [0.15, 0.2) is 62.6 Å². The van der Waals surface area contributed by atoms with Gasteiger partial charge in [-0.1, -0.05) is 25.0 Å². The predicted octanol–water partition coefficient (Wildman–Crippen LogP) is 5.22. The number of benzene rings is 2. The van der Waals surface area contributed by atoms with Gasteiger partial charge in [-0.3, -0.25) is 4.72 Å². The number of nitrogens with one attached hydrogen (secondary N) is 1. The standard InChI is InChI=1S/C28H28N2O5S/c29-17-18-10-14-22(15-11-18)36(33,34)30-21-7-5-6-20(16-21)25(19-12-13-19)26-27(31)23-8-3-1-2-4-9-24(23)35-28(26)32/h5-7,10-11,14-16,19,25,30-31H,1-4,8-9,12-13H2/t25-/m0/s1. The minimum atomic E-state index is -3.87. The van der Waals surface area contributed by atoms with Crippen LogP contribution in [0.3, 0.4) is 0 Å². The van der Waals surface area contributed by atoms with E-state index in [1.54, 1.807) is 18.2 Å². The lowest BCUT2D eigenvalue weighted by atomic mass is 9.85. The number of aryl methyl sites for hydroxylation is 1. The summed E-state index contributed by atoms with van der Waals surface area (Å²) in [6, 6.07) is 14.6. The molecule has 36 heavy (non-hydrogen) atoms. The number of fused-ring (bicyclic) bond motifs is 1. The summed E-state index contributed by atoms with van der Waals surface area (Å²) in [5.41, 5.74) is 2.01. The Hall–Kier alpha value is -3.57. The van der Waals surface area contributed by atoms with Crippen LogP contribution in [0, 0.1) is 17.2 Å². The SMILES string of the molecule is N#Cc1ccc(S(=O)(=O)Nc2cccc([C@@H](c3c(O)c4c(oc3=O)CCCCCC4)C3CC3)c2)cc1. The van der Waals surface area contributed by atoms with Gasteiger partial charge in [0.1, 0.15) is 11.5 Å². The van der Waals surface area contributed by atoms with Crippen molar-refractivity contribution in [1.82, 2.24) is 0 Å². The summed E-state index contributed by atoms with van der Waals surface area (Å²) in [6.45, 7) is 0. The average Bonchev–Trinajstić information content (AvgIpc) is 3.68. The van der Waals surface area contributed by atoms with Crippen molar-refractivity contribution < 1.29 is 17.9 Å². The van der Waals surface area contributed by atoms with Crippen LogP contribution >= 0.6 is 0 Å². The molecule has 2 aliphatic carbocycles. The first-order valence-corrected chi connectivity index (χ1v) is 13.9. The van der Waals surface area contributed by atoms with Gasteiger partial charge in [-0.25, -0.2) is 13.2 Å². The molecule has 2 aromatic carbocycles. The van der Waals surface area contributed by atoms with Crippen LogP contribution in [0.2, 0.25) is 0 Å². The van der Waals surface area contributed by atoms with E-state index in [0.717, 1.165) is 49.7 Å². The second kappa shape index (κ2) is 9.82. The fourth-order valence-corrected chi connectivity index (χ4v) is 6.17. The first-order valence-electron chi connectivity index (χ1n) is 12.4. The molecule has 1 atom stereocenters. The molecule has 2 aliphatic rings. The maximum absolute atomic E-state index is 13.1. The van der Waals surface area contributed by atoms with Crippen molar-refractivity contribution in [2.75, 3.05) is 4.72 Å². The van der Waals surface area contributed by atoms with Gasteiger partial charge < -0.3 is 9.52 Å². The van der Waals surface area contributed by atoms with Gasteiger partial charge in [-0.15, -0.1) is 0 Å². The number of anilines is 1. The van der Waals surface area contributed by atoms with Gasteiger partial charge in [0.15, 0.2) is 0 Å². The van der Waals surface area contributed by atoms with Crippen LogP contribution in [0.25, 0.3) is 0 Å². The third kappa shape index (κ3) is 4.89. The van der Waals surface area contributed by atoms with Crippen LogP contribution in [0.5, 0.6) is 5.75 Å². The molecule has 186 valence electrons. The van der Waals surface area contributed by atoms with Crippen LogP contribution < -0.4 is 10.3 Å². The van der Waals surface area contributed by atoms with Crippen molar-refractivity contribution in [3.05, 3.63) is 87.0 Å². The molecule has 0 aliphatic heterocycles. The lowest BCUT2D eigenvalue weighted by molar-refractivity contribution is 0.382. The highest BCUT2D eigenvalue weighted by molar-refractivity contribution is 7.92. The Balaban J connectivity index is 1.50. The number of hydrogen-bond acceptors (Lipinski definition) is 6. The quantitative estimate of drug-likeness (QED) is 0.475. The molecular weight excluding hydrogens is 476 g/mol. The summed E-state index contributed by atoms with van der Waals surface area (Å²) in [4.78, 5) is 13.2. The number of aromatic hydroxyl groups is 1. The summed E-state index contributed by atoms with van der Waals surface area (Å²) in [5.74, 6) is 0.440. The lowest BCUT2D eigenvalue weighted by Crippen LogP contribution is -2.19. The fraction of sp³-hybridized carbons (Fsp3) is 0.357.